The summed E-state index contributed by atoms with van der Waals surface area (Å²) in [4.78, 5) is 13.6. The summed E-state index contributed by atoms with van der Waals surface area (Å²) >= 11 is 0. The van der Waals surface area contributed by atoms with E-state index >= 15 is 0 Å². The minimum Gasteiger partial charge on any atom is -0.491 e. The minimum absolute atomic E-state index is 0. The van der Waals surface area contributed by atoms with Crippen LogP contribution in [0.2, 0.25) is 0 Å². The highest BCUT2D eigenvalue weighted by atomic mass is 35.5. The molecule has 1 amide bonds. The molecule has 0 aromatic heterocycles. The van der Waals surface area contributed by atoms with E-state index in [1.807, 2.05) is 27.7 Å². The number of amides is 1. The lowest BCUT2D eigenvalue weighted by Crippen LogP contribution is -2.38. The number of nitrogens with zero attached hydrogens (tertiary/aromatic N) is 1. The third-order valence-electron chi connectivity index (χ3n) is 3.89. The summed E-state index contributed by atoms with van der Waals surface area (Å²) < 4.78 is 32.3. The Hall–Kier alpha value is -1.51. The van der Waals surface area contributed by atoms with Crippen LogP contribution in [0.5, 0.6) is 5.75 Å². The molecule has 0 bridgehead atoms. The van der Waals surface area contributed by atoms with Crippen molar-refractivity contribution >= 4 is 34.0 Å². The highest BCUT2D eigenvalue weighted by Crippen LogP contribution is 2.18. The standard InChI is InChI=1S/C18H31N3O4S.ClH/c1-13(2)17(19)10-11-21(5)18(22)12-26(23,24)20-15-6-8-16(9-7-15)25-14(3)4;/h6-9,13-14,17,20H,10-12,19H2,1-5H3;1H. The number of nitrogens with two attached hydrogens (primary N) is 1. The van der Waals surface area contributed by atoms with Crippen LogP contribution < -0.4 is 15.2 Å². The van der Waals surface area contributed by atoms with Crippen LogP contribution in [0, 0.1) is 5.92 Å². The Labute approximate surface area is 169 Å². The minimum atomic E-state index is -3.78. The third-order valence-corrected chi connectivity index (χ3v) is 5.07. The number of carbonyl (C=O) groups is 1. The maximum absolute atomic E-state index is 12.2. The number of hydrogen-bond acceptors (Lipinski definition) is 5. The molecular weight excluding hydrogens is 390 g/mol. The van der Waals surface area contributed by atoms with Gasteiger partial charge in [-0.1, -0.05) is 13.8 Å². The van der Waals surface area contributed by atoms with Crippen molar-refractivity contribution < 1.29 is 17.9 Å². The van der Waals surface area contributed by atoms with E-state index in [1.165, 1.54) is 4.90 Å². The van der Waals surface area contributed by atoms with Gasteiger partial charge in [-0.2, -0.15) is 0 Å². The fourth-order valence-corrected chi connectivity index (χ4v) is 3.28. The van der Waals surface area contributed by atoms with Crippen molar-refractivity contribution in [2.75, 3.05) is 24.1 Å². The monoisotopic (exact) mass is 421 g/mol. The van der Waals surface area contributed by atoms with Gasteiger partial charge in [-0.15, -0.1) is 12.4 Å². The number of anilines is 1. The number of nitrogens with one attached hydrogen (secondary N) is 1. The van der Waals surface area contributed by atoms with Gasteiger partial charge in [0.1, 0.15) is 11.5 Å². The van der Waals surface area contributed by atoms with Gasteiger partial charge < -0.3 is 15.4 Å². The maximum Gasteiger partial charge on any atom is 0.241 e. The molecule has 0 radical (unpaired) electrons. The van der Waals surface area contributed by atoms with E-state index in [0.717, 1.165) is 0 Å². The second kappa shape index (κ2) is 11.4. The topological polar surface area (TPSA) is 102 Å². The predicted molar refractivity (Wildman–Crippen MR) is 112 cm³/mol. The Bertz CT molecular complexity index is 678. The number of benzene rings is 1. The van der Waals surface area contributed by atoms with E-state index in [0.29, 0.717) is 30.3 Å². The zero-order valence-corrected chi connectivity index (χ0v) is 18.3. The Kier molecular flexibility index (Phi) is 10.7. The van der Waals surface area contributed by atoms with Crippen LogP contribution in [-0.4, -0.2) is 50.7 Å². The molecule has 1 aromatic rings. The lowest BCUT2D eigenvalue weighted by Gasteiger charge is -2.21. The van der Waals surface area contributed by atoms with Crippen molar-refractivity contribution in [3.63, 3.8) is 0 Å². The van der Waals surface area contributed by atoms with Gasteiger partial charge in [0.15, 0.2) is 0 Å². The summed E-state index contributed by atoms with van der Waals surface area (Å²) in [6, 6.07) is 6.54. The third kappa shape index (κ3) is 9.83. The van der Waals surface area contributed by atoms with Gasteiger partial charge in [0, 0.05) is 25.3 Å². The van der Waals surface area contributed by atoms with Crippen LogP contribution in [0.1, 0.15) is 34.1 Å². The van der Waals surface area contributed by atoms with E-state index in [-0.39, 0.29) is 24.6 Å². The molecular formula is C18H32ClN3O4S. The molecule has 0 aliphatic carbocycles. The fourth-order valence-electron chi connectivity index (χ4n) is 2.16. The molecule has 0 spiro atoms. The molecule has 0 aliphatic rings. The van der Waals surface area contributed by atoms with Gasteiger partial charge in [-0.05, 0) is 50.5 Å². The average Bonchev–Trinajstić information content (AvgIpc) is 2.52. The van der Waals surface area contributed by atoms with Crippen LogP contribution in [-0.2, 0) is 14.8 Å². The number of hydrogen-bond donors (Lipinski definition) is 2. The van der Waals surface area contributed by atoms with Gasteiger partial charge >= 0.3 is 0 Å². The molecule has 1 unspecified atom stereocenters. The Morgan fingerprint density at radius 1 is 1.19 bits per heavy atom. The van der Waals surface area contributed by atoms with Crippen molar-refractivity contribution in [3.05, 3.63) is 24.3 Å². The normalized spacial score (nSPS) is 12.4. The van der Waals surface area contributed by atoms with E-state index in [2.05, 4.69) is 4.72 Å². The molecule has 9 heteroatoms. The summed E-state index contributed by atoms with van der Waals surface area (Å²) in [6.45, 7) is 8.27. The van der Waals surface area contributed by atoms with E-state index < -0.39 is 21.7 Å². The van der Waals surface area contributed by atoms with Crippen molar-refractivity contribution in [2.24, 2.45) is 11.7 Å². The first-order chi connectivity index (χ1) is 12.0. The van der Waals surface area contributed by atoms with Crippen molar-refractivity contribution in [1.82, 2.24) is 4.90 Å². The average molecular weight is 422 g/mol. The lowest BCUT2D eigenvalue weighted by molar-refractivity contribution is -0.127. The number of rotatable bonds is 10. The van der Waals surface area contributed by atoms with Crippen LogP contribution >= 0.6 is 12.4 Å². The molecule has 156 valence electrons. The summed E-state index contributed by atoms with van der Waals surface area (Å²) in [5.41, 5.74) is 6.35. The molecule has 1 rings (SSSR count). The van der Waals surface area contributed by atoms with E-state index in [9.17, 15) is 13.2 Å². The molecule has 1 aromatic carbocycles. The van der Waals surface area contributed by atoms with Crippen LogP contribution in [0.3, 0.4) is 0 Å². The van der Waals surface area contributed by atoms with Crippen LogP contribution in [0.15, 0.2) is 24.3 Å². The Balaban J connectivity index is 0.00000676. The molecule has 0 heterocycles. The molecule has 0 aliphatic heterocycles. The Morgan fingerprint density at radius 2 is 1.74 bits per heavy atom. The first kappa shape index (κ1) is 25.5. The molecule has 7 nitrogen and oxygen atoms in total. The molecule has 0 saturated carbocycles. The van der Waals surface area contributed by atoms with Gasteiger partial charge in [0.05, 0.1) is 6.10 Å². The smallest absolute Gasteiger partial charge is 0.241 e. The zero-order valence-electron chi connectivity index (χ0n) is 16.6. The molecule has 1 atom stereocenters. The van der Waals surface area contributed by atoms with Gasteiger partial charge in [-0.25, -0.2) is 8.42 Å². The SMILES string of the molecule is CC(C)Oc1ccc(NS(=O)(=O)CC(=O)N(C)CCC(N)C(C)C)cc1.Cl. The first-order valence-corrected chi connectivity index (χ1v) is 10.4. The van der Waals surface area contributed by atoms with Crippen molar-refractivity contribution in [2.45, 2.75) is 46.3 Å². The second-order valence-corrected chi connectivity index (χ2v) is 8.79. The summed E-state index contributed by atoms with van der Waals surface area (Å²) in [6.07, 6.45) is 0.666. The van der Waals surface area contributed by atoms with Crippen LogP contribution in [0.25, 0.3) is 0 Å². The molecule has 0 fully saturated rings. The number of ether oxygens (including phenoxy) is 1. The second-order valence-electron chi connectivity index (χ2n) is 7.06. The number of sulfonamides is 1. The lowest BCUT2D eigenvalue weighted by atomic mass is 10.0. The Morgan fingerprint density at radius 3 is 2.22 bits per heavy atom. The van der Waals surface area contributed by atoms with Gasteiger partial charge in [0.25, 0.3) is 0 Å². The highest BCUT2D eigenvalue weighted by molar-refractivity contribution is 7.93. The summed E-state index contributed by atoms with van der Waals surface area (Å²) in [5, 5.41) is 0. The number of halogens is 1. The van der Waals surface area contributed by atoms with Crippen LogP contribution in [0.4, 0.5) is 5.69 Å². The van der Waals surface area contributed by atoms with Crippen molar-refractivity contribution in [3.8, 4) is 5.75 Å². The van der Waals surface area contributed by atoms with Crippen molar-refractivity contribution in [1.29, 1.82) is 0 Å². The first-order valence-electron chi connectivity index (χ1n) is 8.77. The maximum atomic E-state index is 12.2. The fraction of sp³-hybridized carbons (Fsp3) is 0.611. The summed E-state index contributed by atoms with van der Waals surface area (Å²) in [7, 11) is -2.20. The largest absolute Gasteiger partial charge is 0.491 e. The molecule has 0 saturated heterocycles. The van der Waals surface area contributed by atoms with E-state index in [4.69, 9.17) is 10.5 Å². The molecule has 27 heavy (non-hydrogen) atoms. The molecule has 3 N–H and O–H groups in total. The van der Waals surface area contributed by atoms with Gasteiger partial charge in [0.2, 0.25) is 15.9 Å². The highest BCUT2D eigenvalue weighted by Gasteiger charge is 2.20. The number of carbonyl (C=O) groups excluding carboxylic acids is 1. The summed E-state index contributed by atoms with van der Waals surface area (Å²) in [5.74, 6) is -0.106. The van der Waals surface area contributed by atoms with E-state index in [1.54, 1.807) is 31.3 Å². The van der Waals surface area contributed by atoms with Gasteiger partial charge in [-0.3, -0.25) is 9.52 Å². The zero-order chi connectivity index (χ0) is 19.9. The predicted octanol–water partition coefficient (Wildman–Crippen LogP) is 2.47. The quantitative estimate of drug-likeness (QED) is 0.604.